The van der Waals surface area contributed by atoms with E-state index in [-0.39, 0.29) is 0 Å². The zero-order chi connectivity index (χ0) is 21.2. The van der Waals surface area contributed by atoms with Crippen molar-refractivity contribution in [3.63, 3.8) is 0 Å². The minimum absolute atomic E-state index is 0.365. The quantitative estimate of drug-likeness (QED) is 0.611. The van der Waals surface area contributed by atoms with Gasteiger partial charge < -0.3 is 10.1 Å². The molecule has 0 radical (unpaired) electrons. The van der Waals surface area contributed by atoms with Crippen LogP contribution in [0.5, 0.6) is 0 Å². The maximum atomic E-state index is 12.8. The highest BCUT2D eigenvalue weighted by Gasteiger charge is 2.28. The molecule has 10 heteroatoms. The van der Waals surface area contributed by atoms with Gasteiger partial charge in [-0.3, -0.25) is 9.10 Å². The monoisotopic (exact) mass is 500 g/mol. The minimum atomic E-state index is -3.71. The number of hydrogen-bond donors (Lipinski definition) is 1. The summed E-state index contributed by atoms with van der Waals surface area (Å²) in [5.41, 5.74) is 1.67. The van der Waals surface area contributed by atoms with Gasteiger partial charge in [-0.15, -0.1) is 11.3 Å². The first-order chi connectivity index (χ1) is 13.7. The zero-order valence-electron chi connectivity index (χ0n) is 16.0. The van der Waals surface area contributed by atoms with Crippen LogP contribution in [0.25, 0.3) is 0 Å². The van der Waals surface area contributed by atoms with E-state index in [1.54, 1.807) is 24.3 Å². The van der Waals surface area contributed by atoms with Crippen molar-refractivity contribution >= 4 is 59.9 Å². The Kier molecular flexibility index (Phi) is 6.65. The van der Waals surface area contributed by atoms with E-state index in [2.05, 4.69) is 21.2 Å². The molecule has 0 unspecified atom stereocenters. The number of halogens is 1. The zero-order valence-corrected chi connectivity index (χ0v) is 19.2. The normalized spacial score (nSPS) is 13.5. The van der Waals surface area contributed by atoms with Gasteiger partial charge >= 0.3 is 5.97 Å². The lowest BCUT2D eigenvalue weighted by molar-refractivity contribution is -0.114. The Hall–Kier alpha value is -1.91. The van der Waals surface area contributed by atoms with Crippen molar-refractivity contribution < 1.29 is 22.7 Å². The molecule has 1 aromatic heterocycles. The second kappa shape index (κ2) is 8.85. The largest absolute Gasteiger partial charge is 0.465 e. The van der Waals surface area contributed by atoms with Crippen LogP contribution in [0.2, 0.25) is 0 Å². The molecule has 1 N–H and O–H groups in total. The Morgan fingerprint density at radius 3 is 2.59 bits per heavy atom. The third-order valence-electron chi connectivity index (χ3n) is 4.62. The molecule has 0 aliphatic heterocycles. The van der Waals surface area contributed by atoms with Gasteiger partial charge in [0.15, 0.2) is 0 Å². The van der Waals surface area contributed by atoms with Crippen LogP contribution >= 0.6 is 27.3 Å². The van der Waals surface area contributed by atoms with E-state index < -0.39 is 28.4 Å². The molecule has 1 amide bonds. The first kappa shape index (κ1) is 21.8. The maximum absolute atomic E-state index is 12.8. The van der Waals surface area contributed by atoms with Crippen LogP contribution in [-0.2, 0) is 32.4 Å². The van der Waals surface area contributed by atoms with E-state index in [0.717, 1.165) is 46.7 Å². The summed E-state index contributed by atoms with van der Waals surface area (Å²) in [5, 5.41) is 3.14. The fraction of sp³-hybridized carbons (Fsp3) is 0.368. The van der Waals surface area contributed by atoms with Gasteiger partial charge in [-0.2, -0.15) is 0 Å². The molecule has 0 fully saturated rings. The third-order valence-corrected chi connectivity index (χ3v) is 7.63. The number of benzene rings is 1. The lowest BCUT2D eigenvalue weighted by atomic mass is 9.95. The number of fused-ring (bicyclic) bond motifs is 1. The summed E-state index contributed by atoms with van der Waals surface area (Å²) >= 11 is 4.69. The summed E-state index contributed by atoms with van der Waals surface area (Å²) in [6, 6.07) is 6.77. The number of methoxy groups -OCH3 is 1. The molecule has 1 heterocycles. The Labute approximate surface area is 182 Å². The Morgan fingerprint density at radius 1 is 1.24 bits per heavy atom. The van der Waals surface area contributed by atoms with Crippen molar-refractivity contribution in [2.75, 3.05) is 29.5 Å². The number of anilines is 2. The fourth-order valence-electron chi connectivity index (χ4n) is 3.30. The Morgan fingerprint density at radius 2 is 1.93 bits per heavy atom. The standard InChI is InChI=1S/C19H21BrN2O5S2/c1-27-19(24)17-12-7-3-6-10-15(12)28-18(17)21-16(23)11-22(29(2,25)26)14-9-5-4-8-13(14)20/h4-5,8-9H,3,6-7,10-11H2,1-2H3,(H,21,23). The number of esters is 1. The third kappa shape index (κ3) is 4.81. The van der Waals surface area contributed by atoms with Gasteiger partial charge in [0.05, 0.1) is 24.6 Å². The van der Waals surface area contributed by atoms with Crippen LogP contribution in [0.1, 0.15) is 33.6 Å². The second-order valence-electron chi connectivity index (χ2n) is 6.68. The minimum Gasteiger partial charge on any atom is -0.465 e. The summed E-state index contributed by atoms with van der Waals surface area (Å²) in [5.74, 6) is -1.03. The number of ether oxygens (including phenoxy) is 1. The lowest BCUT2D eigenvalue weighted by Gasteiger charge is -2.23. The lowest BCUT2D eigenvalue weighted by Crippen LogP contribution is -2.37. The Bertz CT molecular complexity index is 1050. The second-order valence-corrected chi connectivity index (χ2v) is 10.5. The average molecular weight is 501 g/mol. The summed E-state index contributed by atoms with van der Waals surface area (Å²) in [7, 11) is -2.40. The van der Waals surface area contributed by atoms with Gasteiger partial charge in [0.2, 0.25) is 15.9 Å². The molecule has 7 nitrogen and oxygen atoms in total. The smallest absolute Gasteiger partial charge is 0.341 e. The number of nitrogens with zero attached hydrogens (tertiary/aromatic N) is 1. The highest BCUT2D eigenvalue weighted by Crippen LogP contribution is 2.38. The van der Waals surface area contributed by atoms with Crippen LogP contribution in [0.3, 0.4) is 0 Å². The number of aryl methyl sites for hydroxylation is 1. The van der Waals surface area contributed by atoms with Crippen molar-refractivity contribution in [1.29, 1.82) is 0 Å². The van der Waals surface area contributed by atoms with E-state index in [4.69, 9.17) is 4.74 Å². The fourth-order valence-corrected chi connectivity index (χ4v) is 6.08. The number of sulfonamides is 1. The molecule has 156 valence electrons. The van der Waals surface area contributed by atoms with E-state index >= 15 is 0 Å². The van der Waals surface area contributed by atoms with E-state index in [9.17, 15) is 18.0 Å². The number of thiophene rings is 1. The summed E-state index contributed by atoms with van der Waals surface area (Å²) < 4.78 is 31.1. The first-order valence-electron chi connectivity index (χ1n) is 8.97. The van der Waals surface area contributed by atoms with Crippen molar-refractivity contribution in [1.82, 2.24) is 0 Å². The molecule has 0 atom stereocenters. The number of amides is 1. The van der Waals surface area contributed by atoms with E-state index in [1.807, 2.05) is 0 Å². The van der Waals surface area contributed by atoms with Gasteiger partial charge in [-0.25, -0.2) is 13.2 Å². The molecule has 1 aliphatic rings. The summed E-state index contributed by atoms with van der Waals surface area (Å²) in [6.45, 7) is -0.412. The average Bonchev–Trinajstić information content (AvgIpc) is 3.03. The van der Waals surface area contributed by atoms with Gasteiger partial charge in [0, 0.05) is 9.35 Å². The molecule has 2 aromatic rings. The molecule has 0 saturated carbocycles. The van der Waals surface area contributed by atoms with Crippen LogP contribution in [-0.4, -0.2) is 40.2 Å². The van der Waals surface area contributed by atoms with E-state index in [1.165, 1.54) is 18.4 Å². The van der Waals surface area contributed by atoms with Gasteiger partial charge in [0.1, 0.15) is 11.5 Å². The van der Waals surface area contributed by atoms with Gasteiger partial charge in [-0.1, -0.05) is 12.1 Å². The van der Waals surface area contributed by atoms with Crippen LogP contribution < -0.4 is 9.62 Å². The number of carbonyl (C=O) groups is 2. The molecule has 0 saturated heterocycles. The van der Waals surface area contributed by atoms with Crippen molar-refractivity contribution in [3.05, 3.63) is 44.7 Å². The molecule has 1 aliphatic carbocycles. The highest BCUT2D eigenvalue weighted by atomic mass is 79.9. The molecule has 0 spiro atoms. The Balaban J connectivity index is 1.89. The van der Waals surface area contributed by atoms with Crippen LogP contribution in [0.15, 0.2) is 28.7 Å². The van der Waals surface area contributed by atoms with Gasteiger partial charge in [0.25, 0.3) is 0 Å². The van der Waals surface area contributed by atoms with Crippen LogP contribution in [0, 0.1) is 0 Å². The molecule has 0 bridgehead atoms. The molecule has 1 aromatic carbocycles. The maximum Gasteiger partial charge on any atom is 0.341 e. The number of hydrogen-bond acceptors (Lipinski definition) is 6. The van der Waals surface area contributed by atoms with Crippen molar-refractivity contribution in [2.24, 2.45) is 0 Å². The number of carbonyl (C=O) groups excluding carboxylic acids is 2. The molecular weight excluding hydrogens is 480 g/mol. The van der Waals surface area contributed by atoms with Crippen molar-refractivity contribution in [2.45, 2.75) is 25.7 Å². The summed E-state index contributed by atoms with van der Waals surface area (Å²) in [6.07, 6.45) is 4.67. The van der Waals surface area contributed by atoms with Crippen LogP contribution in [0.4, 0.5) is 10.7 Å². The molecule has 29 heavy (non-hydrogen) atoms. The predicted octanol–water partition coefficient (Wildman–Crippen LogP) is 3.58. The van der Waals surface area contributed by atoms with Crippen molar-refractivity contribution in [3.8, 4) is 0 Å². The first-order valence-corrected chi connectivity index (χ1v) is 12.4. The van der Waals surface area contributed by atoms with E-state index in [0.29, 0.717) is 20.7 Å². The van der Waals surface area contributed by atoms with Gasteiger partial charge in [-0.05, 0) is 59.3 Å². The topological polar surface area (TPSA) is 92.8 Å². The SMILES string of the molecule is COC(=O)c1c(NC(=O)CN(c2ccccc2Br)S(C)(=O)=O)sc2c1CCCC2. The molecular formula is C19H21BrN2O5S2. The predicted molar refractivity (Wildman–Crippen MR) is 117 cm³/mol. The number of nitrogens with one attached hydrogen (secondary N) is 1. The molecule has 3 rings (SSSR count). The summed E-state index contributed by atoms with van der Waals surface area (Å²) in [4.78, 5) is 26.1. The number of para-hydroxylation sites is 1. The number of rotatable bonds is 6. The highest BCUT2D eigenvalue weighted by molar-refractivity contribution is 9.10.